The molecule has 29 heavy (non-hydrogen) atoms. The molecular weight excluding hydrogens is 388 g/mol. The zero-order valence-electron chi connectivity index (χ0n) is 17.3. The highest BCUT2D eigenvalue weighted by Gasteiger charge is 2.32. The molecule has 1 aromatic heterocycles. The van der Waals surface area contributed by atoms with Crippen LogP contribution in [-0.2, 0) is 16.0 Å². The number of thiazole rings is 1. The fraction of sp³-hybridized carbons (Fsp3) is 0.500. The first-order valence-electron chi connectivity index (χ1n) is 10.2. The normalized spacial score (nSPS) is 15.3. The van der Waals surface area contributed by atoms with Crippen molar-refractivity contribution in [2.24, 2.45) is 5.92 Å². The molecule has 7 heteroatoms. The molecule has 0 N–H and O–H groups in total. The smallest absolute Gasteiger partial charge is 0.350 e. The summed E-state index contributed by atoms with van der Waals surface area (Å²) in [5.74, 6) is 0.204. The van der Waals surface area contributed by atoms with Gasteiger partial charge in [-0.25, -0.2) is 9.78 Å². The number of fused-ring (bicyclic) bond motifs is 1. The number of nitrogens with zero attached hydrogens (tertiary/aromatic N) is 2. The summed E-state index contributed by atoms with van der Waals surface area (Å²) in [5, 5.41) is 0.561. The predicted molar refractivity (Wildman–Crippen MR) is 114 cm³/mol. The monoisotopic (exact) mass is 416 g/mol. The van der Waals surface area contributed by atoms with Crippen LogP contribution in [0.4, 0.5) is 5.13 Å². The van der Waals surface area contributed by atoms with Gasteiger partial charge in [0.05, 0.1) is 18.2 Å². The molecule has 0 spiro atoms. The third kappa shape index (κ3) is 4.96. The van der Waals surface area contributed by atoms with Crippen molar-refractivity contribution < 1.29 is 19.1 Å². The van der Waals surface area contributed by atoms with Gasteiger partial charge in [-0.15, -0.1) is 0 Å². The molecule has 156 valence electrons. The van der Waals surface area contributed by atoms with Crippen molar-refractivity contribution in [1.82, 2.24) is 4.98 Å². The summed E-state index contributed by atoms with van der Waals surface area (Å²) in [6, 6.07) is 7.84. The van der Waals surface area contributed by atoms with Crippen molar-refractivity contribution in [3.8, 4) is 5.75 Å². The van der Waals surface area contributed by atoms with Gasteiger partial charge in [0.15, 0.2) is 5.13 Å². The largest absolute Gasteiger partial charge is 0.492 e. The number of esters is 1. The van der Waals surface area contributed by atoms with E-state index >= 15 is 0 Å². The molecule has 2 heterocycles. The number of ether oxygens (including phenoxy) is 2. The van der Waals surface area contributed by atoms with Crippen LogP contribution in [0.5, 0.6) is 5.75 Å². The second kappa shape index (κ2) is 9.87. The molecule has 1 aromatic carbocycles. The Labute approximate surface area is 175 Å². The van der Waals surface area contributed by atoms with Crippen molar-refractivity contribution in [2.45, 2.75) is 46.5 Å². The first kappa shape index (κ1) is 21.3. The average molecular weight is 417 g/mol. The summed E-state index contributed by atoms with van der Waals surface area (Å²) < 4.78 is 11.0. The van der Waals surface area contributed by atoms with Crippen LogP contribution in [0.2, 0.25) is 0 Å². The standard InChI is InChI=1S/C22H28N2O4S/c1-4-6-9-12-24(22-23-15(3)19(29-22)21(26)27-5-2)20(25)17-13-16-10-7-8-11-18(16)28-14-17/h7-8,10-11,17H,4-6,9,12-14H2,1-3H3. The van der Waals surface area contributed by atoms with Gasteiger partial charge in [0.25, 0.3) is 0 Å². The Balaban J connectivity index is 1.83. The lowest BCUT2D eigenvalue weighted by Gasteiger charge is -2.29. The highest BCUT2D eigenvalue weighted by atomic mass is 32.1. The molecule has 0 saturated carbocycles. The topological polar surface area (TPSA) is 68.7 Å². The van der Waals surface area contributed by atoms with Crippen LogP contribution < -0.4 is 9.64 Å². The fourth-order valence-electron chi connectivity index (χ4n) is 3.41. The molecule has 1 aliphatic rings. The number of para-hydroxylation sites is 1. The number of aryl methyl sites for hydroxylation is 1. The maximum atomic E-state index is 13.4. The van der Waals surface area contributed by atoms with Crippen LogP contribution in [0.3, 0.4) is 0 Å². The fourth-order valence-corrected chi connectivity index (χ4v) is 4.40. The van der Waals surface area contributed by atoms with E-state index in [4.69, 9.17) is 9.47 Å². The summed E-state index contributed by atoms with van der Waals surface area (Å²) in [5.41, 5.74) is 1.65. The van der Waals surface area contributed by atoms with Gasteiger partial charge in [-0.2, -0.15) is 0 Å². The first-order valence-corrected chi connectivity index (χ1v) is 11.0. The minimum absolute atomic E-state index is 0.000218. The van der Waals surface area contributed by atoms with Gasteiger partial charge in [0, 0.05) is 6.54 Å². The third-order valence-electron chi connectivity index (χ3n) is 4.96. The molecular formula is C22H28N2O4S. The van der Waals surface area contributed by atoms with Gasteiger partial charge in [0.1, 0.15) is 17.2 Å². The first-order chi connectivity index (χ1) is 14.0. The highest BCUT2D eigenvalue weighted by molar-refractivity contribution is 7.17. The lowest BCUT2D eigenvalue weighted by atomic mass is 9.95. The van der Waals surface area contributed by atoms with E-state index in [0.29, 0.717) is 41.9 Å². The Bertz CT molecular complexity index is 864. The molecule has 3 rings (SSSR count). The molecule has 1 aliphatic heterocycles. The third-order valence-corrected chi connectivity index (χ3v) is 6.12. The van der Waals surface area contributed by atoms with E-state index in [1.165, 1.54) is 11.3 Å². The average Bonchev–Trinajstić information content (AvgIpc) is 3.12. The van der Waals surface area contributed by atoms with E-state index in [9.17, 15) is 9.59 Å². The Morgan fingerprint density at radius 3 is 2.83 bits per heavy atom. The van der Waals surface area contributed by atoms with Gasteiger partial charge in [-0.05, 0) is 38.3 Å². The lowest BCUT2D eigenvalue weighted by Crippen LogP contribution is -2.41. The number of hydrogen-bond acceptors (Lipinski definition) is 6. The molecule has 6 nitrogen and oxygen atoms in total. The Kier molecular flexibility index (Phi) is 7.25. The number of carbonyl (C=O) groups excluding carboxylic acids is 2. The van der Waals surface area contributed by atoms with Crippen molar-refractivity contribution in [3.05, 3.63) is 40.4 Å². The van der Waals surface area contributed by atoms with E-state index in [0.717, 1.165) is 30.6 Å². The van der Waals surface area contributed by atoms with Crippen LogP contribution in [-0.4, -0.2) is 36.6 Å². The number of amides is 1. The predicted octanol–water partition coefficient (Wildman–Crippen LogP) is 4.40. The summed E-state index contributed by atoms with van der Waals surface area (Å²) in [6.07, 6.45) is 3.63. The van der Waals surface area contributed by atoms with Crippen LogP contribution in [0.15, 0.2) is 24.3 Å². The summed E-state index contributed by atoms with van der Waals surface area (Å²) in [7, 11) is 0. The Hall–Kier alpha value is -2.41. The molecule has 0 bridgehead atoms. The number of rotatable bonds is 8. The minimum atomic E-state index is -0.385. The number of benzene rings is 1. The zero-order chi connectivity index (χ0) is 20.8. The van der Waals surface area contributed by atoms with Gasteiger partial charge in [-0.1, -0.05) is 49.3 Å². The number of carbonyl (C=O) groups is 2. The van der Waals surface area contributed by atoms with E-state index in [1.807, 2.05) is 24.3 Å². The SMILES string of the molecule is CCCCCN(C(=O)C1COc2ccccc2C1)c1nc(C)c(C(=O)OCC)s1. The zero-order valence-corrected chi connectivity index (χ0v) is 18.1. The number of aromatic nitrogens is 1. The van der Waals surface area contributed by atoms with Gasteiger partial charge in [-0.3, -0.25) is 9.69 Å². The quantitative estimate of drug-likeness (QED) is 0.471. The molecule has 0 aliphatic carbocycles. The highest BCUT2D eigenvalue weighted by Crippen LogP contribution is 2.32. The minimum Gasteiger partial charge on any atom is -0.492 e. The van der Waals surface area contributed by atoms with Crippen molar-refractivity contribution in [2.75, 3.05) is 24.7 Å². The molecule has 0 radical (unpaired) electrons. The molecule has 2 aromatic rings. The second-order valence-electron chi connectivity index (χ2n) is 7.15. The maximum absolute atomic E-state index is 13.4. The summed E-state index contributed by atoms with van der Waals surface area (Å²) >= 11 is 1.23. The summed E-state index contributed by atoms with van der Waals surface area (Å²) in [4.78, 5) is 32.3. The van der Waals surface area contributed by atoms with Crippen LogP contribution in [0, 0.1) is 12.8 Å². The maximum Gasteiger partial charge on any atom is 0.350 e. The van der Waals surface area contributed by atoms with Crippen LogP contribution in [0.25, 0.3) is 0 Å². The second-order valence-corrected chi connectivity index (χ2v) is 8.13. The number of unbranched alkanes of at least 4 members (excludes halogenated alkanes) is 2. The molecule has 1 amide bonds. The number of hydrogen-bond donors (Lipinski definition) is 0. The molecule has 0 saturated heterocycles. The van der Waals surface area contributed by atoms with E-state index in [-0.39, 0.29) is 17.8 Å². The number of anilines is 1. The van der Waals surface area contributed by atoms with Gasteiger partial charge < -0.3 is 9.47 Å². The van der Waals surface area contributed by atoms with Gasteiger partial charge >= 0.3 is 5.97 Å². The van der Waals surface area contributed by atoms with Gasteiger partial charge in [0.2, 0.25) is 5.91 Å². The summed E-state index contributed by atoms with van der Waals surface area (Å²) in [6.45, 7) is 6.93. The van der Waals surface area contributed by atoms with E-state index < -0.39 is 0 Å². The molecule has 0 fully saturated rings. The Morgan fingerprint density at radius 1 is 1.28 bits per heavy atom. The van der Waals surface area contributed by atoms with Crippen molar-refractivity contribution in [3.63, 3.8) is 0 Å². The lowest BCUT2D eigenvalue weighted by molar-refractivity contribution is -0.123. The van der Waals surface area contributed by atoms with Crippen molar-refractivity contribution in [1.29, 1.82) is 0 Å². The molecule has 1 unspecified atom stereocenters. The Morgan fingerprint density at radius 2 is 2.07 bits per heavy atom. The van der Waals surface area contributed by atoms with E-state index in [2.05, 4.69) is 11.9 Å². The van der Waals surface area contributed by atoms with Crippen LogP contribution >= 0.6 is 11.3 Å². The van der Waals surface area contributed by atoms with E-state index in [1.54, 1.807) is 18.7 Å². The van der Waals surface area contributed by atoms with Crippen molar-refractivity contribution >= 4 is 28.3 Å². The van der Waals surface area contributed by atoms with Crippen LogP contribution in [0.1, 0.15) is 54.0 Å². The molecule has 1 atom stereocenters.